The maximum absolute atomic E-state index is 13.2. The molecular weight excluding hydrogens is 448 g/mol. The number of rotatable bonds is 2. The number of ether oxygens (including phenoxy) is 3. The van der Waals surface area contributed by atoms with Crippen molar-refractivity contribution in [1.82, 2.24) is 0 Å². The molecule has 7 heteroatoms. The number of ketones is 1. The Morgan fingerprint density at radius 2 is 1.80 bits per heavy atom. The summed E-state index contributed by atoms with van der Waals surface area (Å²) >= 11 is 0. The molecule has 2 unspecified atom stereocenters. The largest absolute Gasteiger partial charge is 0.507 e. The number of allylic oxidation sites excluding steroid dienone is 1. The maximum Gasteiger partial charge on any atom is 0.342 e. The summed E-state index contributed by atoms with van der Waals surface area (Å²) in [5.41, 5.74) is 1.64. The van der Waals surface area contributed by atoms with Gasteiger partial charge in [-0.3, -0.25) is 9.59 Å². The zero-order chi connectivity index (χ0) is 24.9. The number of esters is 2. The van der Waals surface area contributed by atoms with Crippen molar-refractivity contribution in [2.24, 2.45) is 0 Å². The van der Waals surface area contributed by atoms with Crippen molar-refractivity contribution >= 4 is 23.8 Å². The molecular formula is C28H30O7. The molecule has 1 N–H and O–H groups in total. The summed E-state index contributed by atoms with van der Waals surface area (Å²) in [6, 6.07) is 8.85. The van der Waals surface area contributed by atoms with Crippen LogP contribution in [0.15, 0.2) is 36.4 Å². The number of phenolic OH excluding ortho intramolecular Hbond substituents is 1. The predicted molar refractivity (Wildman–Crippen MR) is 130 cm³/mol. The number of aromatic hydroxyl groups is 1. The van der Waals surface area contributed by atoms with Crippen LogP contribution in [0.3, 0.4) is 0 Å². The Bertz CT molecular complexity index is 1150. The van der Waals surface area contributed by atoms with Crippen molar-refractivity contribution in [3.8, 4) is 17.2 Å². The van der Waals surface area contributed by atoms with E-state index in [9.17, 15) is 19.5 Å². The summed E-state index contributed by atoms with van der Waals surface area (Å²) in [5, 5.41) is 11.4. The fourth-order valence-electron chi connectivity index (χ4n) is 4.64. The molecule has 0 spiro atoms. The number of carbonyl (C=O) groups is 3. The number of hydrogen-bond donors (Lipinski definition) is 1. The van der Waals surface area contributed by atoms with Crippen LogP contribution in [-0.4, -0.2) is 36.0 Å². The van der Waals surface area contributed by atoms with Gasteiger partial charge in [-0.15, -0.1) is 0 Å². The highest BCUT2D eigenvalue weighted by Crippen LogP contribution is 2.47. The van der Waals surface area contributed by atoms with Crippen molar-refractivity contribution in [3.63, 3.8) is 0 Å². The Hall–Kier alpha value is -3.61. The standard InChI is InChI=1S/C28H30O7/c1-17-7-6-10-20(29)9-5-3-4-8-19-15-23-26(27(31)25(19)28(32)34-17)22(16-24(30)35-23)18-11-13-21(33-2)14-12-18/h4,8,11-15,17,22,31H,3,5-7,9-10,16H2,1-2H3. The molecule has 0 radical (unpaired) electrons. The molecule has 2 atom stereocenters. The average molecular weight is 479 g/mol. The molecule has 2 aliphatic heterocycles. The molecule has 0 aliphatic carbocycles. The van der Waals surface area contributed by atoms with E-state index in [2.05, 4.69) is 0 Å². The molecule has 2 aromatic carbocycles. The van der Waals surface area contributed by atoms with Crippen molar-refractivity contribution < 1.29 is 33.7 Å². The van der Waals surface area contributed by atoms with Crippen LogP contribution >= 0.6 is 0 Å². The molecule has 0 saturated heterocycles. The first-order valence-corrected chi connectivity index (χ1v) is 12.0. The first-order chi connectivity index (χ1) is 16.9. The van der Waals surface area contributed by atoms with E-state index in [1.54, 1.807) is 38.3 Å². The summed E-state index contributed by atoms with van der Waals surface area (Å²) in [7, 11) is 1.57. The highest BCUT2D eigenvalue weighted by molar-refractivity contribution is 5.98. The molecule has 0 bridgehead atoms. The number of hydrogen-bond acceptors (Lipinski definition) is 7. The van der Waals surface area contributed by atoms with Crippen LogP contribution in [0.2, 0.25) is 0 Å². The van der Waals surface area contributed by atoms with Gasteiger partial charge in [-0.1, -0.05) is 24.3 Å². The molecule has 2 aromatic rings. The van der Waals surface area contributed by atoms with Crippen LogP contribution in [0.5, 0.6) is 17.2 Å². The van der Waals surface area contributed by atoms with Gasteiger partial charge in [0, 0.05) is 24.3 Å². The fraction of sp³-hybridized carbons (Fsp3) is 0.393. The van der Waals surface area contributed by atoms with Crippen molar-refractivity contribution in [2.45, 2.75) is 63.9 Å². The lowest BCUT2D eigenvalue weighted by Gasteiger charge is -2.27. The molecule has 0 amide bonds. The Labute approximate surface area is 204 Å². The Morgan fingerprint density at radius 1 is 1.06 bits per heavy atom. The zero-order valence-corrected chi connectivity index (χ0v) is 20.0. The molecule has 0 aromatic heterocycles. The Kier molecular flexibility index (Phi) is 7.54. The van der Waals surface area contributed by atoms with Gasteiger partial charge in [0.25, 0.3) is 0 Å². The number of phenols is 1. The molecule has 0 saturated carbocycles. The highest BCUT2D eigenvalue weighted by atomic mass is 16.5. The van der Waals surface area contributed by atoms with Crippen LogP contribution < -0.4 is 9.47 Å². The minimum absolute atomic E-state index is 0.0288. The Balaban J connectivity index is 1.79. The monoisotopic (exact) mass is 478 g/mol. The predicted octanol–water partition coefficient (Wildman–Crippen LogP) is 5.32. The average Bonchev–Trinajstić information content (AvgIpc) is 2.82. The van der Waals surface area contributed by atoms with E-state index in [1.165, 1.54) is 0 Å². The minimum Gasteiger partial charge on any atom is -0.507 e. The molecule has 2 heterocycles. The van der Waals surface area contributed by atoms with Gasteiger partial charge >= 0.3 is 11.9 Å². The van der Waals surface area contributed by atoms with Crippen LogP contribution in [0, 0.1) is 0 Å². The van der Waals surface area contributed by atoms with E-state index < -0.39 is 24.0 Å². The van der Waals surface area contributed by atoms with E-state index >= 15 is 0 Å². The van der Waals surface area contributed by atoms with Gasteiger partial charge in [-0.2, -0.15) is 0 Å². The van der Waals surface area contributed by atoms with E-state index in [0.717, 1.165) is 5.56 Å². The summed E-state index contributed by atoms with van der Waals surface area (Å²) in [6.45, 7) is 1.78. The second-order valence-corrected chi connectivity index (χ2v) is 9.05. The van der Waals surface area contributed by atoms with Gasteiger partial charge in [-0.05, 0) is 61.9 Å². The second kappa shape index (κ2) is 10.8. The first-order valence-electron chi connectivity index (χ1n) is 12.0. The molecule has 35 heavy (non-hydrogen) atoms. The molecule has 2 aliphatic rings. The zero-order valence-electron chi connectivity index (χ0n) is 20.0. The number of cyclic esters (lactones) is 1. The van der Waals surface area contributed by atoms with Crippen molar-refractivity contribution in [3.05, 3.63) is 58.7 Å². The third-order valence-corrected chi connectivity index (χ3v) is 6.50. The van der Waals surface area contributed by atoms with Crippen LogP contribution in [-0.2, 0) is 14.3 Å². The maximum atomic E-state index is 13.2. The topological polar surface area (TPSA) is 99.1 Å². The summed E-state index contributed by atoms with van der Waals surface area (Å²) in [5.74, 6) is -0.697. The quantitative estimate of drug-likeness (QED) is 0.460. The molecule has 0 fully saturated rings. The number of benzene rings is 2. The number of Topliss-reactive ketones (excluding diaryl/α,β-unsaturated/α-hetero) is 1. The van der Waals surface area contributed by atoms with Crippen LogP contribution in [0.1, 0.15) is 84.8 Å². The van der Waals surface area contributed by atoms with Crippen molar-refractivity contribution in [2.75, 3.05) is 7.11 Å². The lowest BCUT2D eigenvalue weighted by molar-refractivity contribution is -0.135. The molecule has 184 valence electrons. The van der Waals surface area contributed by atoms with Gasteiger partial charge in [0.1, 0.15) is 28.6 Å². The Morgan fingerprint density at radius 3 is 2.54 bits per heavy atom. The third-order valence-electron chi connectivity index (χ3n) is 6.50. The molecule has 7 nitrogen and oxygen atoms in total. The SMILES string of the molecule is COc1ccc(C2CC(=O)Oc3cc4c(c(O)c32)C(=O)OC(C)CCCC(=O)CCCC=C4)cc1. The second-order valence-electron chi connectivity index (χ2n) is 9.05. The third kappa shape index (κ3) is 5.56. The smallest absolute Gasteiger partial charge is 0.342 e. The summed E-state index contributed by atoms with van der Waals surface area (Å²) in [4.78, 5) is 37.7. The van der Waals surface area contributed by atoms with Crippen molar-refractivity contribution in [1.29, 1.82) is 0 Å². The van der Waals surface area contributed by atoms with Gasteiger partial charge in [0.15, 0.2) is 0 Å². The number of methoxy groups -OCH3 is 1. The van der Waals surface area contributed by atoms with Crippen LogP contribution in [0.4, 0.5) is 0 Å². The van der Waals surface area contributed by atoms with Crippen LogP contribution in [0.25, 0.3) is 6.08 Å². The van der Waals surface area contributed by atoms with Gasteiger partial charge < -0.3 is 19.3 Å². The van der Waals surface area contributed by atoms with E-state index in [-0.39, 0.29) is 29.3 Å². The van der Waals surface area contributed by atoms with Gasteiger partial charge in [0.2, 0.25) is 0 Å². The molecule has 4 rings (SSSR count). The fourth-order valence-corrected chi connectivity index (χ4v) is 4.64. The lowest BCUT2D eigenvalue weighted by Crippen LogP contribution is -2.23. The highest BCUT2D eigenvalue weighted by Gasteiger charge is 2.35. The minimum atomic E-state index is -0.647. The van der Waals surface area contributed by atoms with E-state index in [1.807, 2.05) is 18.2 Å². The summed E-state index contributed by atoms with van der Waals surface area (Å²) < 4.78 is 16.4. The normalized spacial score (nSPS) is 21.3. The first kappa shape index (κ1) is 24.5. The van der Waals surface area contributed by atoms with Gasteiger partial charge in [-0.25, -0.2) is 4.79 Å². The van der Waals surface area contributed by atoms with E-state index in [4.69, 9.17) is 14.2 Å². The lowest BCUT2D eigenvalue weighted by atomic mass is 9.83. The number of carbonyl (C=O) groups excluding carboxylic acids is 3. The van der Waals surface area contributed by atoms with E-state index in [0.29, 0.717) is 55.4 Å². The number of fused-ring (bicyclic) bond motifs is 2. The summed E-state index contributed by atoms with van der Waals surface area (Å²) in [6.07, 6.45) is 6.69. The van der Waals surface area contributed by atoms with Gasteiger partial charge in [0.05, 0.1) is 19.6 Å².